The van der Waals surface area contributed by atoms with Crippen LogP contribution in [0.5, 0.6) is 0 Å². The quantitative estimate of drug-likeness (QED) is 0.0802. The Bertz CT molecular complexity index is 1540. The zero-order valence-electron chi connectivity index (χ0n) is 34.9. The molecule has 57 heavy (non-hydrogen) atoms. The van der Waals surface area contributed by atoms with Gasteiger partial charge in [-0.05, 0) is 80.0 Å². The number of aliphatic hydroxyl groups excluding tert-OH is 2. The Morgan fingerprint density at radius 1 is 0.860 bits per heavy atom. The van der Waals surface area contributed by atoms with Crippen LogP contribution in [0.2, 0.25) is 5.02 Å². The Hall–Kier alpha value is -2.19. The number of H-pyrrole nitrogens is 1. The molecule has 0 radical (unpaired) electrons. The van der Waals surface area contributed by atoms with E-state index in [1.54, 1.807) is 43.9 Å². The van der Waals surface area contributed by atoms with Crippen molar-refractivity contribution in [2.75, 3.05) is 87.7 Å². The molecule has 0 amide bonds. The fraction of sp³-hybridized carbons (Fsp3) is 0.714. The van der Waals surface area contributed by atoms with Crippen molar-refractivity contribution in [2.24, 2.45) is 0 Å². The second kappa shape index (κ2) is 26.1. The van der Waals surface area contributed by atoms with Crippen molar-refractivity contribution in [3.63, 3.8) is 0 Å². The van der Waals surface area contributed by atoms with E-state index in [4.69, 9.17) is 22.1 Å². The van der Waals surface area contributed by atoms with Gasteiger partial charge in [0.1, 0.15) is 24.0 Å². The van der Waals surface area contributed by atoms with Gasteiger partial charge in [-0.1, -0.05) is 23.7 Å². The summed E-state index contributed by atoms with van der Waals surface area (Å²) in [5, 5.41) is 21.5. The molecule has 1 aromatic heterocycles. The maximum Gasteiger partial charge on any atom is 0.278 e. The molecule has 5 atom stereocenters. The van der Waals surface area contributed by atoms with Gasteiger partial charge in [-0.2, -0.15) is 4.98 Å². The standard InChI is InChI=1S/C17H22ClN5O11P2.3C6H15N/c18-9-3-1-8(2-4-9)5-22-7-23(14-11(22)15(26)21-17(19)20-14)16-13(25)12(24)10(33-16)6-32-36(30,31)34-35(27,28)29;3*1-4-7(5-2)6-3/h1-4,10,12-13,16,24-25H,5-7H2,(H,30,31)(H2,27,28,29)(H3,19,20,21,26);3*4-6H2,1-3H3/t10-,12-,13-,16-;;;/m1.../s1. The first-order valence-corrected chi connectivity index (χ1v) is 22.9. The maximum absolute atomic E-state index is 12.7. The molecule has 2 aliphatic heterocycles. The van der Waals surface area contributed by atoms with Crippen LogP contribution in [0.15, 0.2) is 29.1 Å². The minimum Gasteiger partial charge on any atom is -0.790 e. The number of hydrogen-bond donors (Lipinski definition) is 7. The summed E-state index contributed by atoms with van der Waals surface area (Å²) in [6.45, 7) is 30.6. The van der Waals surface area contributed by atoms with E-state index in [9.17, 15) is 38.8 Å². The number of nitrogens with two attached hydrogens (primary N) is 1. The van der Waals surface area contributed by atoms with Crippen molar-refractivity contribution in [3.05, 3.63) is 45.2 Å². The first-order chi connectivity index (χ1) is 26.8. The highest BCUT2D eigenvalue weighted by atomic mass is 35.5. The summed E-state index contributed by atoms with van der Waals surface area (Å²) in [7, 11) is -11.5. The normalized spacial score (nSPS) is 20.0. The van der Waals surface area contributed by atoms with Crippen LogP contribution in [0, 0.1) is 0 Å². The van der Waals surface area contributed by atoms with Gasteiger partial charge in [0.15, 0.2) is 12.0 Å². The molecule has 2 aromatic rings. The van der Waals surface area contributed by atoms with Gasteiger partial charge in [0, 0.05) is 11.6 Å². The average molecular weight is 873 g/mol. The van der Waals surface area contributed by atoms with Gasteiger partial charge in [-0.3, -0.25) is 18.7 Å². The minimum absolute atomic E-state index is 0.0273. The number of ether oxygens (including phenoxy) is 1. The number of nitrogen functional groups attached to an aromatic ring is 1. The van der Waals surface area contributed by atoms with Crippen molar-refractivity contribution < 1.29 is 62.3 Å². The van der Waals surface area contributed by atoms with Crippen LogP contribution in [-0.2, 0) is 29.2 Å². The van der Waals surface area contributed by atoms with Gasteiger partial charge >= 0.3 is 0 Å². The molecule has 1 fully saturated rings. The highest BCUT2D eigenvalue weighted by Crippen LogP contribution is 2.50. The number of aromatic nitrogens is 2. The lowest BCUT2D eigenvalue weighted by Gasteiger charge is -2.35. The van der Waals surface area contributed by atoms with E-state index in [1.807, 2.05) is 0 Å². The third kappa shape index (κ3) is 17.9. The van der Waals surface area contributed by atoms with Crippen LogP contribution in [0.1, 0.15) is 67.9 Å². The summed E-state index contributed by atoms with van der Waals surface area (Å²) in [6, 6.07) is 6.82. The highest BCUT2D eigenvalue weighted by molar-refractivity contribution is 7.58. The predicted octanol–water partition coefficient (Wildman–Crippen LogP) is -2.64. The molecule has 1 aromatic carbocycles. The topological polar surface area (TPSA) is 263 Å². The Balaban J connectivity index is 0.000000632. The average Bonchev–Trinajstić information content (AvgIpc) is 3.65. The van der Waals surface area contributed by atoms with Crippen molar-refractivity contribution in [3.8, 4) is 0 Å². The number of phosphoric ester groups is 1. The van der Waals surface area contributed by atoms with Gasteiger partial charge in [0.05, 0.1) is 80.0 Å². The van der Waals surface area contributed by atoms with E-state index < -0.39 is 52.4 Å². The molecular weight excluding hydrogens is 806 g/mol. The Kier molecular flexibility index (Phi) is 24.2. The van der Waals surface area contributed by atoms with Crippen molar-refractivity contribution >= 4 is 44.7 Å². The Labute approximate surface area is 342 Å². The van der Waals surface area contributed by atoms with Crippen LogP contribution in [0.3, 0.4) is 0 Å². The third-order valence-corrected chi connectivity index (χ3v) is 12.2. The second-order valence-corrected chi connectivity index (χ2v) is 16.4. The lowest BCUT2D eigenvalue weighted by Crippen LogP contribution is -3.11. The highest BCUT2D eigenvalue weighted by Gasteiger charge is 2.49. The van der Waals surface area contributed by atoms with Gasteiger partial charge in [-0.25, -0.2) is 0 Å². The van der Waals surface area contributed by atoms with E-state index in [-0.39, 0.29) is 30.7 Å². The van der Waals surface area contributed by atoms with Gasteiger partial charge in [-0.15, -0.1) is 0 Å². The van der Waals surface area contributed by atoms with Crippen LogP contribution >= 0.6 is 27.2 Å². The predicted molar refractivity (Wildman–Crippen MR) is 215 cm³/mol. The minimum atomic E-state index is -5.92. The molecule has 1 unspecified atom stereocenters. The summed E-state index contributed by atoms with van der Waals surface area (Å²) in [5.74, 6) is -0.200. The SMILES string of the molecule is CC[NH+](CC)CC.CC[NH+](CC)CC.CC[NH+](CC)CC.Nc1nc2c(c(=O)[nH]1)N(Cc1ccc(Cl)cc1)CN2[C@@H]1O[C@H](COP(=O)([O-])OP(=O)([O-])[O-])[C@@H](O)[C@H]1O. The maximum atomic E-state index is 12.7. The number of rotatable bonds is 17. The molecule has 4 rings (SSSR count). The first kappa shape index (κ1) is 52.8. The van der Waals surface area contributed by atoms with Crippen LogP contribution in [-0.4, -0.2) is 117 Å². The lowest BCUT2D eigenvalue weighted by molar-refractivity contribution is -0.894. The molecular formula is C35H67ClN8O11P2. The van der Waals surface area contributed by atoms with Crippen LogP contribution in [0.25, 0.3) is 0 Å². The summed E-state index contributed by atoms with van der Waals surface area (Å²) >= 11 is 5.92. The van der Waals surface area contributed by atoms with E-state index in [2.05, 4.69) is 81.1 Å². The molecule has 22 heteroatoms. The molecule has 0 spiro atoms. The largest absolute Gasteiger partial charge is 0.790 e. The van der Waals surface area contributed by atoms with Gasteiger partial charge in [0.25, 0.3) is 13.4 Å². The fourth-order valence-electron chi connectivity index (χ4n) is 6.10. The molecule has 2 aliphatic rings. The monoisotopic (exact) mass is 872 g/mol. The summed E-state index contributed by atoms with van der Waals surface area (Å²) in [5.41, 5.74) is 5.99. The van der Waals surface area contributed by atoms with E-state index >= 15 is 0 Å². The molecule has 19 nitrogen and oxygen atoms in total. The molecule has 8 N–H and O–H groups in total. The zero-order valence-corrected chi connectivity index (χ0v) is 37.4. The van der Waals surface area contributed by atoms with Gasteiger partial charge in [0.2, 0.25) is 5.95 Å². The number of hydrogen-bond acceptors (Lipinski definition) is 15. The molecule has 0 bridgehead atoms. The Morgan fingerprint density at radius 2 is 1.32 bits per heavy atom. The van der Waals surface area contributed by atoms with Crippen molar-refractivity contribution in [2.45, 2.75) is 93.4 Å². The van der Waals surface area contributed by atoms with Crippen LogP contribution in [0.4, 0.5) is 17.5 Å². The summed E-state index contributed by atoms with van der Waals surface area (Å²) < 4.78 is 35.3. The molecule has 0 aliphatic carbocycles. The number of nitrogens with zero attached hydrogens (tertiary/aromatic N) is 3. The number of aromatic amines is 1. The number of nitrogens with one attached hydrogen (secondary N) is 4. The number of fused-ring (bicyclic) bond motifs is 1. The van der Waals surface area contributed by atoms with E-state index in [0.29, 0.717) is 5.02 Å². The number of anilines is 3. The Morgan fingerprint density at radius 3 is 1.72 bits per heavy atom. The van der Waals surface area contributed by atoms with Crippen molar-refractivity contribution in [1.82, 2.24) is 9.97 Å². The molecule has 330 valence electrons. The second-order valence-electron chi connectivity index (χ2n) is 13.3. The number of quaternary nitrogens is 3. The number of aliphatic hydroxyl groups is 2. The van der Waals surface area contributed by atoms with Crippen molar-refractivity contribution in [1.29, 1.82) is 0 Å². The number of phosphoric acid groups is 2. The molecule has 0 saturated carbocycles. The first-order valence-electron chi connectivity index (χ1n) is 19.6. The van der Waals surface area contributed by atoms with E-state index in [0.717, 1.165) is 5.56 Å². The lowest BCUT2D eigenvalue weighted by atomic mass is 10.1. The summed E-state index contributed by atoms with van der Waals surface area (Å²) in [4.78, 5) is 59.8. The zero-order chi connectivity index (χ0) is 43.5. The van der Waals surface area contributed by atoms with Crippen LogP contribution < -0.4 is 50.5 Å². The third-order valence-electron chi connectivity index (χ3n) is 9.83. The molecule has 3 heterocycles. The molecule has 1 saturated heterocycles. The number of halogens is 1. The summed E-state index contributed by atoms with van der Waals surface area (Å²) in [6.07, 6.45) is -6.22. The fourth-order valence-corrected chi connectivity index (χ4v) is 7.73. The van der Waals surface area contributed by atoms with E-state index in [1.165, 1.54) is 63.8 Å². The van der Waals surface area contributed by atoms with Gasteiger partial charge < -0.3 is 69.0 Å². The number of benzene rings is 1. The smallest absolute Gasteiger partial charge is 0.278 e.